The lowest BCUT2D eigenvalue weighted by Crippen LogP contribution is -2.41. The van der Waals surface area contributed by atoms with E-state index in [2.05, 4.69) is 59.0 Å². The standard InChI is InChI=1S/C20H34N2O/c1-7-17(8-2)21-19(22-18-12-10-9-11-13-18)20(5,6)23-15-14-16(3)4/h9-13,16-17H,7-8,14-15H2,1-6H3,(H,21,22). The Kier molecular flexibility index (Phi) is 8.32. The van der Waals surface area contributed by atoms with Crippen LogP contribution in [0.1, 0.15) is 60.8 Å². The van der Waals surface area contributed by atoms with Crippen LogP contribution in [0.5, 0.6) is 0 Å². The Morgan fingerprint density at radius 3 is 2.26 bits per heavy atom. The monoisotopic (exact) mass is 318 g/mol. The first-order valence-electron chi connectivity index (χ1n) is 8.93. The van der Waals surface area contributed by atoms with Crippen LogP contribution in [0.4, 0.5) is 5.69 Å². The molecule has 0 fully saturated rings. The maximum Gasteiger partial charge on any atom is 0.133 e. The van der Waals surface area contributed by atoms with Gasteiger partial charge in [-0.05, 0) is 51.2 Å². The number of anilines is 1. The van der Waals surface area contributed by atoms with Crippen LogP contribution >= 0.6 is 0 Å². The largest absolute Gasteiger partial charge is 0.368 e. The number of nitrogens with zero attached hydrogens (tertiary/aromatic N) is 1. The van der Waals surface area contributed by atoms with E-state index in [0.717, 1.165) is 37.4 Å². The van der Waals surface area contributed by atoms with Gasteiger partial charge in [0, 0.05) is 12.3 Å². The Morgan fingerprint density at radius 1 is 1.13 bits per heavy atom. The summed E-state index contributed by atoms with van der Waals surface area (Å²) in [6.45, 7) is 13.8. The van der Waals surface area contributed by atoms with Gasteiger partial charge in [-0.15, -0.1) is 0 Å². The van der Waals surface area contributed by atoms with Gasteiger partial charge in [-0.2, -0.15) is 0 Å². The quantitative estimate of drug-likeness (QED) is 0.480. The SMILES string of the molecule is CCC(CC)/N=C(\Nc1ccccc1)C(C)(C)OCCC(C)C. The van der Waals surface area contributed by atoms with Gasteiger partial charge < -0.3 is 10.1 Å². The van der Waals surface area contributed by atoms with Gasteiger partial charge in [-0.1, -0.05) is 45.9 Å². The van der Waals surface area contributed by atoms with Crippen molar-refractivity contribution in [1.29, 1.82) is 0 Å². The average molecular weight is 319 g/mol. The molecule has 3 nitrogen and oxygen atoms in total. The molecule has 0 atom stereocenters. The number of ether oxygens (including phenoxy) is 1. The summed E-state index contributed by atoms with van der Waals surface area (Å²) in [5.74, 6) is 1.56. The molecule has 0 unspecified atom stereocenters. The Morgan fingerprint density at radius 2 is 1.74 bits per heavy atom. The Hall–Kier alpha value is -1.35. The second-order valence-corrected chi connectivity index (χ2v) is 6.98. The van der Waals surface area contributed by atoms with E-state index in [1.54, 1.807) is 0 Å². The second-order valence-electron chi connectivity index (χ2n) is 6.98. The van der Waals surface area contributed by atoms with E-state index in [9.17, 15) is 0 Å². The molecule has 0 amide bonds. The average Bonchev–Trinajstić information content (AvgIpc) is 2.51. The lowest BCUT2D eigenvalue weighted by atomic mass is 10.1. The van der Waals surface area contributed by atoms with E-state index < -0.39 is 5.60 Å². The molecule has 0 bridgehead atoms. The molecular formula is C20H34N2O. The minimum atomic E-state index is -0.423. The lowest BCUT2D eigenvalue weighted by molar-refractivity contribution is 0.0281. The molecule has 1 rings (SSSR count). The smallest absolute Gasteiger partial charge is 0.133 e. The number of amidine groups is 1. The van der Waals surface area contributed by atoms with Crippen molar-refractivity contribution in [2.24, 2.45) is 10.9 Å². The molecule has 1 aromatic carbocycles. The predicted molar refractivity (Wildman–Crippen MR) is 101 cm³/mol. The fourth-order valence-corrected chi connectivity index (χ4v) is 2.27. The topological polar surface area (TPSA) is 33.6 Å². The number of rotatable bonds is 9. The molecule has 0 radical (unpaired) electrons. The predicted octanol–water partition coefficient (Wildman–Crippen LogP) is 5.53. The van der Waals surface area contributed by atoms with Crippen molar-refractivity contribution in [3.05, 3.63) is 30.3 Å². The summed E-state index contributed by atoms with van der Waals surface area (Å²) < 4.78 is 6.17. The zero-order valence-electron chi connectivity index (χ0n) is 15.7. The van der Waals surface area contributed by atoms with Crippen LogP contribution in [-0.4, -0.2) is 24.1 Å². The fraction of sp³-hybridized carbons (Fsp3) is 0.650. The summed E-state index contributed by atoms with van der Waals surface area (Å²) in [4.78, 5) is 4.96. The molecule has 23 heavy (non-hydrogen) atoms. The summed E-state index contributed by atoms with van der Waals surface area (Å²) in [5.41, 5.74) is 0.630. The molecule has 0 spiro atoms. The van der Waals surface area contributed by atoms with Crippen molar-refractivity contribution in [3.8, 4) is 0 Å². The molecule has 0 aliphatic rings. The normalized spacial score (nSPS) is 13.0. The fourth-order valence-electron chi connectivity index (χ4n) is 2.27. The Labute approximate surface area is 142 Å². The van der Waals surface area contributed by atoms with Crippen molar-refractivity contribution in [3.63, 3.8) is 0 Å². The molecule has 130 valence electrons. The van der Waals surface area contributed by atoms with Crippen molar-refractivity contribution < 1.29 is 4.74 Å². The van der Waals surface area contributed by atoms with E-state index in [4.69, 9.17) is 9.73 Å². The highest BCUT2D eigenvalue weighted by Gasteiger charge is 2.27. The van der Waals surface area contributed by atoms with Gasteiger partial charge in [0.25, 0.3) is 0 Å². The second kappa shape index (κ2) is 9.71. The Balaban J connectivity index is 2.92. The van der Waals surface area contributed by atoms with Crippen LogP contribution in [0.25, 0.3) is 0 Å². The van der Waals surface area contributed by atoms with Gasteiger partial charge in [-0.3, -0.25) is 4.99 Å². The molecule has 0 saturated carbocycles. The summed E-state index contributed by atoms with van der Waals surface area (Å²) >= 11 is 0. The van der Waals surface area contributed by atoms with Gasteiger partial charge in [0.05, 0.1) is 6.04 Å². The summed E-state index contributed by atoms with van der Waals surface area (Å²) in [5, 5.41) is 3.48. The van der Waals surface area contributed by atoms with Gasteiger partial charge in [0.15, 0.2) is 0 Å². The minimum Gasteiger partial charge on any atom is -0.368 e. The van der Waals surface area contributed by atoms with Crippen LogP contribution in [0.15, 0.2) is 35.3 Å². The molecule has 0 saturated heterocycles. The van der Waals surface area contributed by atoms with Crippen LogP contribution < -0.4 is 5.32 Å². The van der Waals surface area contributed by atoms with E-state index in [1.807, 2.05) is 18.2 Å². The molecular weight excluding hydrogens is 284 g/mol. The third kappa shape index (κ3) is 7.17. The molecule has 1 N–H and O–H groups in total. The molecule has 1 aromatic rings. The highest BCUT2D eigenvalue weighted by atomic mass is 16.5. The van der Waals surface area contributed by atoms with Crippen LogP contribution in [0.3, 0.4) is 0 Å². The van der Waals surface area contributed by atoms with Gasteiger partial charge in [-0.25, -0.2) is 0 Å². The lowest BCUT2D eigenvalue weighted by Gasteiger charge is -2.29. The van der Waals surface area contributed by atoms with Gasteiger partial charge >= 0.3 is 0 Å². The van der Waals surface area contributed by atoms with Crippen molar-refractivity contribution in [2.75, 3.05) is 11.9 Å². The Bertz CT molecular complexity index is 462. The van der Waals surface area contributed by atoms with Crippen molar-refractivity contribution in [1.82, 2.24) is 0 Å². The van der Waals surface area contributed by atoms with Crippen molar-refractivity contribution >= 4 is 11.5 Å². The summed E-state index contributed by atoms with van der Waals surface area (Å²) in [6.07, 6.45) is 3.14. The first-order valence-corrected chi connectivity index (χ1v) is 8.93. The molecule has 0 aliphatic heterocycles. The maximum atomic E-state index is 6.17. The van der Waals surface area contributed by atoms with E-state index in [1.165, 1.54) is 0 Å². The molecule has 0 aromatic heterocycles. The highest BCUT2D eigenvalue weighted by Crippen LogP contribution is 2.19. The van der Waals surface area contributed by atoms with E-state index in [-0.39, 0.29) is 0 Å². The number of hydrogen-bond donors (Lipinski definition) is 1. The molecule has 0 heterocycles. The van der Waals surface area contributed by atoms with Crippen LogP contribution in [0, 0.1) is 5.92 Å². The van der Waals surface area contributed by atoms with Gasteiger partial charge in [0.2, 0.25) is 0 Å². The molecule has 0 aliphatic carbocycles. The first kappa shape index (κ1) is 19.7. The third-order valence-electron chi connectivity index (χ3n) is 4.02. The minimum absolute atomic E-state index is 0.328. The molecule has 3 heteroatoms. The van der Waals surface area contributed by atoms with Crippen molar-refractivity contribution in [2.45, 2.75) is 72.4 Å². The van der Waals surface area contributed by atoms with E-state index >= 15 is 0 Å². The first-order chi connectivity index (χ1) is 10.9. The van der Waals surface area contributed by atoms with Crippen LogP contribution in [-0.2, 0) is 4.74 Å². The van der Waals surface area contributed by atoms with E-state index in [0.29, 0.717) is 12.0 Å². The number of nitrogens with one attached hydrogen (secondary N) is 1. The number of hydrogen-bond acceptors (Lipinski definition) is 2. The third-order valence-corrected chi connectivity index (χ3v) is 4.02. The number of benzene rings is 1. The summed E-state index contributed by atoms with van der Waals surface area (Å²) in [6, 6.07) is 10.5. The van der Waals surface area contributed by atoms with Crippen LogP contribution in [0.2, 0.25) is 0 Å². The number of para-hydroxylation sites is 1. The zero-order valence-corrected chi connectivity index (χ0v) is 15.7. The maximum absolute atomic E-state index is 6.17. The number of aliphatic imine (C=N–C) groups is 1. The highest BCUT2D eigenvalue weighted by molar-refractivity contribution is 6.01. The zero-order chi connectivity index (χ0) is 17.3. The van der Waals surface area contributed by atoms with Gasteiger partial charge in [0.1, 0.15) is 11.4 Å². The summed E-state index contributed by atoms with van der Waals surface area (Å²) in [7, 11) is 0.